The van der Waals surface area contributed by atoms with Gasteiger partial charge in [0.25, 0.3) is 0 Å². The molecule has 7 atom stereocenters. The van der Waals surface area contributed by atoms with E-state index < -0.39 is 0 Å². The topological polar surface area (TPSA) is 20.2 Å². The molecule has 0 aromatic carbocycles. The van der Waals surface area contributed by atoms with Crippen LogP contribution in [0.2, 0.25) is 0 Å². The Morgan fingerprint density at radius 2 is 1.62 bits per heavy atom. The molecule has 0 radical (unpaired) electrons. The Morgan fingerprint density at radius 1 is 0.938 bits per heavy atom. The van der Waals surface area contributed by atoms with Gasteiger partial charge < -0.3 is 5.11 Å². The zero-order valence-corrected chi connectivity index (χ0v) is 22.8. The van der Waals surface area contributed by atoms with Gasteiger partial charge in [-0.05, 0) is 103 Å². The van der Waals surface area contributed by atoms with E-state index in [0.29, 0.717) is 22.2 Å². The van der Waals surface area contributed by atoms with Crippen molar-refractivity contribution in [2.24, 2.45) is 44.8 Å². The Kier molecular flexibility index (Phi) is 5.93. The summed E-state index contributed by atoms with van der Waals surface area (Å²) in [5, 5.41) is 10.8. The van der Waals surface area contributed by atoms with Crippen molar-refractivity contribution in [1.29, 1.82) is 0 Å². The highest BCUT2D eigenvalue weighted by Gasteiger charge is 2.63. The van der Waals surface area contributed by atoms with Crippen LogP contribution in [0, 0.1) is 44.8 Å². The first-order chi connectivity index (χ1) is 14.7. The smallest absolute Gasteiger partial charge is 0.0594 e. The van der Waals surface area contributed by atoms with Crippen molar-refractivity contribution >= 4 is 0 Å². The summed E-state index contributed by atoms with van der Waals surface area (Å²) < 4.78 is 0. The molecule has 0 spiro atoms. The molecule has 4 rings (SSSR count). The first-order valence-corrected chi connectivity index (χ1v) is 13.8. The van der Waals surface area contributed by atoms with Crippen molar-refractivity contribution in [2.45, 2.75) is 126 Å². The molecule has 0 bridgehead atoms. The van der Waals surface area contributed by atoms with Gasteiger partial charge in [-0.3, -0.25) is 0 Å². The van der Waals surface area contributed by atoms with E-state index in [1.165, 1.54) is 51.4 Å². The van der Waals surface area contributed by atoms with Crippen LogP contribution in [0.15, 0.2) is 23.3 Å². The fourth-order valence-electron chi connectivity index (χ4n) is 9.43. The fraction of sp³-hybridized carbons (Fsp3) is 0.871. The molecule has 0 amide bonds. The predicted molar refractivity (Wildman–Crippen MR) is 137 cm³/mol. The van der Waals surface area contributed by atoms with Gasteiger partial charge in [0.05, 0.1) is 6.10 Å². The van der Waals surface area contributed by atoms with Crippen molar-refractivity contribution in [3.05, 3.63) is 23.3 Å². The zero-order valence-electron chi connectivity index (χ0n) is 22.8. The minimum absolute atomic E-state index is 0.0410. The third kappa shape index (κ3) is 3.50. The summed E-state index contributed by atoms with van der Waals surface area (Å²) in [5.74, 6) is 2.23. The number of hydrogen-bond acceptors (Lipinski definition) is 1. The SMILES string of the molecule is C[C@H](C/C=C/C(C)(C)C)[C@H]1CC[C@@]2(C)C3=C(CC[C@]12C)[C@@]1(C)CC[C@H](O)C(C)(C)[C@@H]1CC3. The van der Waals surface area contributed by atoms with Gasteiger partial charge in [-0.25, -0.2) is 0 Å². The summed E-state index contributed by atoms with van der Waals surface area (Å²) in [6, 6.07) is 0. The molecular weight excluding hydrogens is 388 g/mol. The molecule has 0 heterocycles. The van der Waals surface area contributed by atoms with Gasteiger partial charge in [-0.2, -0.15) is 0 Å². The largest absolute Gasteiger partial charge is 0.393 e. The zero-order chi connectivity index (χ0) is 23.7. The Bertz CT molecular complexity index is 794. The van der Waals surface area contributed by atoms with Gasteiger partial charge in [0.2, 0.25) is 0 Å². The van der Waals surface area contributed by atoms with Crippen LogP contribution < -0.4 is 0 Å². The van der Waals surface area contributed by atoms with E-state index in [1.807, 2.05) is 11.1 Å². The summed E-state index contributed by atoms with van der Waals surface area (Å²) in [4.78, 5) is 0. The minimum atomic E-state index is -0.134. The molecule has 32 heavy (non-hydrogen) atoms. The highest BCUT2D eigenvalue weighted by molar-refractivity contribution is 5.38. The lowest BCUT2D eigenvalue weighted by molar-refractivity contribution is -0.0961. The maximum atomic E-state index is 10.8. The molecular formula is C31H52O. The monoisotopic (exact) mass is 440 g/mol. The molecule has 1 nitrogen and oxygen atoms in total. The number of aliphatic hydroxyl groups is 1. The molecule has 182 valence electrons. The van der Waals surface area contributed by atoms with Crippen molar-refractivity contribution < 1.29 is 5.11 Å². The van der Waals surface area contributed by atoms with Crippen LogP contribution >= 0.6 is 0 Å². The van der Waals surface area contributed by atoms with E-state index in [9.17, 15) is 5.11 Å². The second-order valence-corrected chi connectivity index (χ2v) is 14.7. The van der Waals surface area contributed by atoms with Crippen molar-refractivity contribution in [3.8, 4) is 0 Å². The van der Waals surface area contributed by atoms with Crippen LogP contribution in [0.3, 0.4) is 0 Å². The maximum absolute atomic E-state index is 10.8. The molecule has 0 saturated heterocycles. The quantitative estimate of drug-likeness (QED) is 0.435. The first kappa shape index (κ1) is 24.6. The number of allylic oxidation sites excluding steroid dienone is 4. The normalized spacial score (nSPS) is 44.9. The molecule has 1 heteroatoms. The predicted octanol–water partition coefficient (Wildman–Crippen LogP) is 8.73. The number of hydrogen-bond donors (Lipinski definition) is 1. The van der Waals surface area contributed by atoms with Crippen LogP contribution in [0.5, 0.6) is 0 Å². The number of aliphatic hydroxyl groups excluding tert-OH is 1. The van der Waals surface area contributed by atoms with Gasteiger partial charge in [0.15, 0.2) is 0 Å². The molecule has 4 aliphatic carbocycles. The Labute approximate surface area is 199 Å². The second-order valence-electron chi connectivity index (χ2n) is 14.7. The summed E-state index contributed by atoms with van der Waals surface area (Å²) >= 11 is 0. The highest BCUT2D eigenvalue weighted by Crippen LogP contribution is 2.72. The molecule has 2 fully saturated rings. The van der Waals surface area contributed by atoms with Gasteiger partial charge in [0.1, 0.15) is 0 Å². The maximum Gasteiger partial charge on any atom is 0.0594 e. The molecule has 4 aliphatic rings. The highest BCUT2D eigenvalue weighted by atomic mass is 16.3. The number of rotatable bonds is 3. The van der Waals surface area contributed by atoms with Gasteiger partial charge in [-0.15, -0.1) is 0 Å². The third-order valence-electron chi connectivity index (χ3n) is 11.6. The van der Waals surface area contributed by atoms with E-state index in [-0.39, 0.29) is 16.9 Å². The standard InChI is InChI=1S/C31H52O/c1-21(11-10-17-27(2,3)4)22-14-19-31(9)24-12-13-25-28(5,6)26(32)16-18-29(25,7)23(24)15-20-30(22,31)8/h10,17,21-22,25-26,32H,11-16,18-20H2,1-9H3/b17-10+/t21-,22-,25+,26+,29-,30-,31+/m1/s1. The van der Waals surface area contributed by atoms with Gasteiger partial charge >= 0.3 is 0 Å². The average molecular weight is 441 g/mol. The van der Waals surface area contributed by atoms with E-state index in [1.54, 1.807) is 0 Å². The molecule has 0 aromatic rings. The first-order valence-electron chi connectivity index (χ1n) is 13.8. The minimum Gasteiger partial charge on any atom is -0.393 e. The van der Waals surface area contributed by atoms with Crippen LogP contribution in [0.25, 0.3) is 0 Å². The van der Waals surface area contributed by atoms with Crippen molar-refractivity contribution in [1.82, 2.24) is 0 Å². The summed E-state index contributed by atoms with van der Waals surface area (Å²) in [5.41, 5.74) is 5.16. The molecule has 0 aliphatic heterocycles. The molecule has 1 N–H and O–H groups in total. The lowest BCUT2D eigenvalue weighted by Gasteiger charge is -2.62. The lowest BCUT2D eigenvalue weighted by atomic mass is 9.43. The third-order valence-corrected chi connectivity index (χ3v) is 11.6. The van der Waals surface area contributed by atoms with Crippen LogP contribution in [0.4, 0.5) is 0 Å². The summed E-state index contributed by atoms with van der Waals surface area (Å²) in [7, 11) is 0. The summed E-state index contributed by atoms with van der Waals surface area (Å²) in [6.07, 6.45) is 16.2. The van der Waals surface area contributed by atoms with Gasteiger partial charge in [-0.1, -0.05) is 85.6 Å². The summed E-state index contributed by atoms with van der Waals surface area (Å²) in [6.45, 7) is 22.0. The average Bonchev–Trinajstić information content (AvgIpc) is 2.96. The van der Waals surface area contributed by atoms with Crippen molar-refractivity contribution in [2.75, 3.05) is 0 Å². The number of fused-ring (bicyclic) bond motifs is 4. The van der Waals surface area contributed by atoms with E-state index in [4.69, 9.17) is 0 Å². The fourth-order valence-corrected chi connectivity index (χ4v) is 9.43. The Hall–Kier alpha value is -0.560. The van der Waals surface area contributed by atoms with Crippen LogP contribution in [-0.2, 0) is 0 Å². The lowest BCUT2D eigenvalue weighted by Crippen LogP contribution is -2.55. The molecule has 0 unspecified atom stereocenters. The van der Waals surface area contributed by atoms with Crippen LogP contribution in [-0.4, -0.2) is 11.2 Å². The second kappa shape index (κ2) is 7.73. The Balaban J connectivity index is 1.64. The van der Waals surface area contributed by atoms with Gasteiger partial charge in [0, 0.05) is 0 Å². The van der Waals surface area contributed by atoms with E-state index in [2.05, 4.69) is 74.5 Å². The van der Waals surface area contributed by atoms with Crippen LogP contribution in [0.1, 0.15) is 120 Å². The Morgan fingerprint density at radius 3 is 2.28 bits per heavy atom. The van der Waals surface area contributed by atoms with E-state index >= 15 is 0 Å². The molecule has 0 aromatic heterocycles. The molecule has 2 saturated carbocycles. The van der Waals surface area contributed by atoms with E-state index in [0.717, 1.165) is 18.3 Å². The van der Waals surface area contributed by atoms with Crippen molar-refractivity contribution in [3.63, 3.8) is 0 Å².